The van der Waals surface area contributed by atoms with Crippen LogP contribution in [0.4, 0.5) is 11.4 Å². The van der Waals surface area contributed by atoms with Gasteiger partial charge in [0.25, 0.3) is 0 Å². The van der Waals surface area contributed by atoms with Crippen LogP contribution in [0.5, 0.6) is 0 Å². The van der Waals surface area contributed by atoms with E-state index < -0.39 is 10.0 Å². The van der Waals surface area contributed by atoms with Gasteiger partial charge in [-0.2, -0.15) is 0 Å². The van der Waals surface area contributed by atoms with Gasteiger partial charge in [-0.15, -0.1) is 0 Å². The summed E-state index contributed by atoms with van der Waals surface area (Å²) in [5.74, 6) is 0. The maximum absolute atomic E-state index is 11.8. The molecule has 1 aliphatic rings. The molecule has 0 saturated carbocycles. The van der Waals surface area contributed by atoms with E-state index in [-0.39, 0.29) is 16.0 Å². The first-order valence-electron chi connectivity index (χ1n) is 7.01. The number of sulfonamides is 1. The van der Waals surface area contributed by atoms with Crippen LogP contribution < -0.4 is 15.8 Å². The molecule has 0 aromatic heterocycles. The molecule has 1 fully saturated rings. The van der Waals surface area contributed by atoms with E-state index in [0.29, 0.717) is 0 Å². The van der Waals surface area contributed by atoms with Crippen molar-refractivity contribution in [3.63, 3.8) is 0 Å². The van der Waals surface area contributed by atoms with Crippen molar-refractivity contribution < 1.29 is 13.2 Å². The first kappa shape index (κ1) is 16.1. The molecule has 0 radical (unpaired) electrons. The summed E-state index contributed by atoms with van der Waals surface area (Å²) in [7, 11) is -2.14. The summed E-state index contributed by atoms with van der Waals surface area (Å²) in [6.45, 7) is 4.62. The molecule has 1 aromatic carbocycles. The monoisotopic (exact) mass is 313 g/mol. The number of rotatable bonds is 5. The van der Waals surface area contributed by atoms with Crippen molar-refractivity contribution in [1.29, 1.82) is 0 Å². The Morgan fingerprint density at radius 2 is 2.00 bits per heavy atom. The molecular formula is C14H23N3O3S. The highest BCUT2D eigenvalue weighted by atomic mass is 32.2. The van der Waals surface area contributed by atoms with Gasteiger partial charge in [0.2, 0.25) is 10.0 Å². The summed E-state index contributed by atoms with van der Waals surface area (Å²) in [5.41, 5.74) is 7.11. The number of nitrogens with two attached hydrogens (primary N) is 1. The highest BCUT2D eigenvalue weighted by molar-refractivity contribution is 7.89. The Balaban J connectivity index is 2.07. The lowest BCUT2D eigenvalue weighted by Crippen LogP contribution is -2.33. The van der Waals surface area contributed by atoms with E-state index in [9.17, 15) is 8.42 Å². The van der Waals surface area contributed by atoms with Gasteiger partial charge >= 0.3 is 0 Å². The molecule has 4 N–H and O–H groups in total. The van der Waals surface area contributed by atoms with Gasteiger partial charge in [-0.05, 0) is 43.5 Å². The number of ether oxygens (including phenoxy) is 1. The number of hydrogen-bond donors (Lipinski definition) is 3. The summed E-state index contributed by atoms with van der Waals surface area (Å²) in [4.78, 5) is 0.104. The largest absolute Gasteiger partial charge is 0.398 e. The minimum atomic E-state index is -3.51. The molecule has 21 heavy (non-hydrogen) atoms. The van der Waals surface area contributed by atoms with Crippen molar-refractivity contribution in [2.45, 2.75) is 24.7 Å². The van der Waals surface area contributed by atoms with E-state index in [1.807, 2.05) is 0 Å². The lowest BCUT2D eigenvalue weighted by molar-refractivity contribution is 0.0300. The van der Waals surface area contributed by atoms with Crippen LogP contribution in [0.2, 0.25) is 0 Å². The molecule has 7 heteroatoms. The van der Waals surface area contributed by atoms with Gasteiger partial charge in [0.05, 0.1) is 5.69 Å². The van der Waals surface area contributed by atoms with Gasteiger partial charge in [0.1, 0.15) is 4.90 Å². The zero-order valence-corrected chi connectivity index (χ0v) is 13.3. The van der Waals surface area contributed by atoms with Crippen LogP contribution in [-0.4, -0.2) is 35.2 Å². The third-order valence-electron chi connectivity index (χ3n) is 3.99. The van der Waals surface area contributed by atoms with Gasteiger partial charge in [0.15, 0.2) is 0 Å². The fourth-order valence-corrected chi connectivity index (χ4v) is 3.21. The average Bonchev–Trinajstić information content (AvgIpc) is 2.46. The quantitative estimate of drug-likeness (QED) is 0.715. The SMILES string of the molecule is CNS(=O)(=O)c1ccc(NCC2(C)CCOCC2)cc1N. The Hall–Kier alpha value is -1.31. The van der Waals surface area contributed by atoms with Crippen molar-refractivity contribution >= 4 is 21.4 Å². The highest BCUT2D eigenvalue weighted by Crippen LogP contribution is 2.30. The first-order valence-corrected chi connectivity index (χ1v) is 8.49. The van der Waals surface area contributed by atoms with Crippen molar-refractivity contribution in [3.8, 4) is 0 Å². The third kappa shape index (κ3) is 3.87. The van der Waals surface area contributed by atoms with E-state index in [4.69, 9.17) is 10.5 Å². The Bertz CT molecular complexity index is 595. The number of hydrogen-bond acceptors (Lipinski definition) is 5. The van der Waals surface area contributed by atoms with Crippen LogP contribution >= 0.6 is 0 Å². The predicted molar refractivity (Wildman–Crippen MR) is 83.7 cm³/mol. The highest BCUT2D eigenvalue weighted by Gasteiger charge is 2.27. The second-order valence-corrected chi connectivity index (χ2v) is 7.59. The van der Waals surface area contributed by atoms with Crippen LogP contribution in [0, 0.1) is 5.41 Å². The van der Waals surface area contributed by atoms with Gasteiger partial charge < -0.3 is 15.8 Å². The summed E-state index contributed by atoms with van der Waals surface area (Å²) in [5, 5.41) is 3.34. The number of nitrogen functional groups attached to an aromatic ring is 1. The molecule has 1 heterocycles. The Morgan fingerprint density at radius 1 is 1.33 bits per heavy atom. The molecule has 118 valence electrons. The number of benzene rings is 1. The molecule has 0 amide bonds. The van der Waals surface area contributed by atoms with E-state index in [2.05, 4.69) is 17.0 Å². The van der Waals surface area contributed by atoms with E-state index in [0.717, 1.165) is 38.3 Å². The molecular weight excluding hydrogens is 290 g/mol. The van der Waals surface area contributed by atoms with Crippen LogP contribution in [-0.2, 0) is 14.8 Å². The normalized spacial score (nSPS) is 18.4. The Kier molecular flexibility index (Phi) is 4.75. The minimum Gasteiger partial charge on any atom is -0.398 e. The van der Waals surface area contributed by atoms with Crippen molar-refractivity contribution in [3.05, 3.63) is 18.2 Å². The fraction of sp³-hybridized carbons (Fsp3) is 0.571. The standard InChI is InChI=1S/C14H23N3O3S/c1-14(5-7-20-8-6-14)10-17-11-3-4-13(12(15)9-11)21(18,19)16-2/h3-4,9,16-17H,5-8,10,15H2,1-2H3. The molecule has 1 aliphatic heterocycles. The summed E-state index contributed by atoms with van der Waals surface area (Å²) in [6.07, 6.45) is 2.03. The Morgan fingerprint density at radius 3 is 2.57 bits per heavy atom. The second-order valence-electron chi connectivity index (χ2n) is 5.74. The minimum absolute atomic E-state index is 0.104. The third-order valence-corrected chi connectivity index (χ3v) is 5.48. The molecule has 1 saturated heterocycles. The average molecular weight is 313 g/mol. The molecule has 2 rings (SSSR count). The lowest BCUT2D eigenvalue weighted by Gasteiger charge is -2.34. The van der Waals surface area contributed by atoms with Crippen molar-refractivity contribution in [2.75, 3.05) is 37.9 Å². The predicted octanol–water partition coefficient (Wildman–Crippen LogP) is 1.41. The van der Waals surface area contributed by atoms with Crippen LogP contribution in [0.3, 0.4) is 0 Å². The van der Waals surface area contributed by atoms with Gasteiger partial charge in [-0.1, -0.05) is 6.92 Å². The van der Waals surface area contributed by atoms with E-state index >= 15 is 0 Å². The maximum Gasteiger partial charge on any atom is 0.242 e. The first-order chi connectivity index (χ1) is 9.86. The zero-order valence-electron chi connectivity index (χ0n) is 12.5. The maximum atomic E-state index is 11.8. The Labute approximate surface area is 126 Å². The number of anilines is 2. The molecule has 6 nitrogen and oxygen atoms in total. The van der Waals surface area contributed by atoms with Crippen molar-refractivity contribution in [2.24, 2.45) is 5.41 Å². The zero-order chi connectivity index (χ0) is 15.5. The van der Waals surface area contributed by atoms with Crippen molar-refractivity contribution in [1.82, 2.24) is 4.72 Å². The fourth-order valence-electron chi connectivity index (χ4n) is 2.37. The summed E-state index contributed by atoms with van der Waals surface area (Å²) < 4.78 is 31.2. The molecule has 0 spiro atoms. The van der Waals surface area contributed by atoms with Crippen LogP contribution in [0.15, 0.2) is 23.1 Å². The van der Waals surface area contributed by atoms with Gasteiger partial charge in [0, 0.05) is 25.4 Å². The van der Waals surface area contributed by atoms with Gasteiger partial charge in [-0.25, -0.2) is 13.1 Å². The van der Waals surface area contributed by atoms with Gasteiger partial charge in [-0.3, -0.25) is 0 Å². The van der Waals surface area contributed by atoms with E-state index in [1.54, 1.807) is 12.1 Å². The van der Waals surface area contributed by atoms with Crippen LogP contribution in [0.1, 0.15) is 19.8 Å². The van der Waals surface area contributed by atoms with Crippen LogP contribution in [0.25, 0.3) is 0 Å². The molecule has 0 atom stereocenters. The summed E-state index contributed by atoms with van der Waals surface area (Å²) >= 11 is 0. The molecule has 0 unspecified atom stereocenters. The lowest BCUT2D eigenvalue weighted by atomic mass is 9.82. The van der Waals surface area contributed by atoms with E-state index in [1.165, 1.54) is 13.1 Å². The molecule has 1 aromatic rings. The topological polar surface area (TPSA) is 93.5 Å². The smallest absolute Gasteiger partial charge is 0.242 e. The second kappa shape index (κ2) is 6.21. The molecule has 0 aliphatic carbocycles. The number of nitrogens with one attached hydrogen (secondary N) is 2. The molecule has 0 bridgehead atoms. The summed E-state index contributed by atoms with van der Waals surface area (Å²) in [6, 6.07) is 4.92.